The normalized spacial score (nSPS) is 22.1. The molecule has 3 aromatic rings. The van der Waals surface area contributed by atoms with Crippen LogP contribution < -0.4 is 5.32 Å². The van der Waals surface area contributed by atoms with Crippen LogP contribution in [0.2, 0.25) is 0 Å². The van der Waals surface area contributed by atoms with Gasteiger partial charge in [-0.15, -0.1) is 0 Å². The van der Waals surface area contributed by atoms with Gasteiger partial charge in [-0.1, -0.05) is 12.1 Å². The Labute approximate surface area is 200 Å². The number of benzene rings is 1. The van der Waals surface area contributed by atoms with E-state index in [2.05, 4.69) is 32.1 Å². The van der Waals surface area contributed by atoms with Crippen LogP contribution in [0.3, 0.4) is 0 Å². The number of anilines is 1. The molecule has 2 aliphatic rings. The third kappa shape index (κ3) is 5.42. The van der Waals surface area contributed by atoms with Crippen molar-refractivity contribution in [3.05, 3.63) is 54.7 Å². The number of nitrogens with zero attached hydrogens (tertiary/aromatic N) is 4. The number of hydrogen-bond donors (Lipinski definition) is 1. The standard InChI is InChI=1S/C27H32FN5O/c1-32-8-10-33(11-9-32)18-19-2-4-20(5-3-19)27(34)31-26-14-23-12-21(6-7-22(23)16-30-26)24-13-25(28)17-29-15-24/h6-7,12-17,19-20H,2-5,8-11,18H2,1H3,(H,30,31,34)/t19-,20-. The molecule has 0 radical (unpaired) electrons. The first kappa shape index (κ1) is 22.9. The smallest absolute Gasteiger partial charge is 0.228 e. The molecule has 6 nitrogen and oxygen atoms in total. The van der Waals surface area contributed by atoms with Crippen LogP contribution in [-0.2, 0) is 4.79 Å². The fourth-order valence-corrected chi connectivity index (χ4v) is 5.19. The number of hydrogen-bond acceptors (Lipinski definition) is 5. The van der Waals surface area contributed by atoms with E-state index >= 15 is 0 Å². The van der Waals surface area contributed by atoms with Crippen molar-refractivity contribution >= 4 is 22.5 Å². The monoisotopic (exact) mass is 461 g/mol. The number of pyridine rings is 2. The summed E-state index contributed by atoms with van der Waals surface area (Å²) in [5.74, 6) is 1.01. The molecule has 2 fully saturated rings. The molecular formula is C27H32FN5O. The van der Waals surface area contributed by atoms with Crippen molar-refractivity contribution in [3.8, 4) is 11.1 Å². The highest BCUT2D eigenvalue weighted by Gasteiger charge is 2.28. The van der Waals surface area contributed by atoms with Crippen molar-refractivity contribution in [2.24, 2.45) is 11.8 Å². The predicted octanol–water partition coefficient (Wildman–Crippen LogP) is 4.43. The second kappa shape index (κ2) is 10.2. The average molecular weight is 462 g/mol. The van der Waals surface area contributed by atoms with Gasteiger partial charge in [-0.3, -0.25) is 9.78 Å². The summed E-state index contributed by atoms with van der Waals surface area (Å²) in [4.78, 5) is 26.3. The summed E-state index contributed by atoms with van der Waals surface area (Å²) in [6, 6.07) is 9.22. The fourth-order valence-electron chi connectivity index (χ4n) is 5.19. The van der Waals surface area contributed by atoms with Crippen molar-refractivity contribution in [2.45, 2.75) is 25.7 Å². The molecule has 0 unspecified atom stereocenters. The first-order chi connectivity index (χ1) is 16.5. The zero-order valence-electron chi connectivity index (χ0n) is 19.7. The van der Waals surface area contributed by atoms with Crippen LogP contribution in [-0.4, -0.2) is 65.4 Å². The highest BCUT2D eigenvalue weighted by atomic mass is 19.1. The van der Waals surface area contributed by atoms with Gasteiger partial charge in [0.25, 0.3) is 0 Å². The third-order valence-electron chi connectivity index (χ3n) is 7.34. The van der Waals surface area contributed by atoms with Crippen LogP contribution in [0.1, 0.15) is 25.7 Å². The Morgan fingerprint density at radius 3 is 2.53 bits per heavy atom. The van der Waals surface area contributed by atoms with Crippen molar-refractivity contribution < 1.29 is 9.18 Å². The Balaban J connectivity index is 1.19. The summed E-state index contributed by atoms with van der Waals surface area (Å²) in [6.45, 7) is 5.77. The van der Waals surface area contributed by atoms with E-state index in [1.807, 2.05) is 24.3 Å². The number of piperazine rings is 1. The molecule has 1 N–H and O–H groups in total. The van der Waals surface area contributed by atoms with Gasteiger partial charge in [0, 0.05) is 62.0 Å². The summed E-state index contributed by atoms with van der Waals surface area (Å²) in [6.07, 6.45) is 8.71. The molecule has 178 valence electrons. The van der Waals surface area contributed by atoms with Crippen LogP contribution in [0.4, 0.5) is 10.2 Å². The minimum absolute atomic E-state index is 0.0472. The van der Waals surface area contributed by atoms with E-state index in [4.69, 9.17) is 0 Å². The van der Waals surface area contributed by atoms with Crippen LogP contribution in [0.25, 0.3) is 21.9 Å². The molecule has 1 amide bonds. The molecular weight excluding hydrogens is 429 g/mol. The lowest BCUT2D eigenvalue weighted by atomic mass is 9.81. The minimum atomic E-state index is -0.362. The molecule has 1 saturated carbocycles. The molecule has 1 saturated heterocycles. The van der Waals surface area contributed by atoms with E-state index in [1.54, 1.807) is 12.4 Å². The highest BCUT2D eigenvalue weighted by molar-refractivity contribution is 5.95. The molecule has 1 aliphatic carbocycles. The third-order valence-corrected chi connectivity index (χ3v) is 7.34. The topological polar surface area (TPSA) is 61.4 Å². The maximum absolute atomic E-state index is 13.6. The zero-order valence-corrected chi connectivity index (χ0v) is 19.7. The average Bonchev–Trinajstić information content (AvgIpc) is 2.85. The summed E-state index contributed by atoms with van der Waals surface area (Å²) >= 11 is 0. The maximum atomic E-state index is 13.6. The summed E-state index contributed by atoms with van der Waals surface area (Å²) in [7, 11) is 2.19. The van der Waals surface area contributed by atoms with Gasteiger partial charge in [-0.2, -0.15) is 0 Å². The fraction of sp³-hybridized carbons (Fsp3) is 0.444. The van der Waals surface area contributed by atoms with Crippen LogP contribution in [0.15, 0.2) is 48.9 Å². The molecule has 7 heteroatoms. The Hall–Kier alpha value is -2.90. The van der Waals surface area contributed by atoms with Gasteiger partial charge in [-0.05, 0) is 67.8 Å². The van der Waals surface area contributed by atoms with Crippen molar-refractivity contribution in [1.29, 1.82) is 0 Å². The first-order valence-electron chi connectivity index (χ1n) is 12.3. The maximum Gasteiger partial charge on any atom is 0.228 e. The minimum Gasteiger partial charge on any atom is -0.310 e. The van der Waals surface area contributed by atoms with E-state index in [9.17, 15) is 9.18 Å². The highest BCUT2D eigenvalue weighted by Crippen LogP contribution is 2.31. The lowest BCUT2D eigenvalue weighted by Gasteiger charge is -2.36. The van der Waals surface area contributed by atoms with Gasteiger partial charge in [0.05, 0.1) is 6.20 Å². The van der Waals surface area contributed by atoms with Gasteiger partial charge >= 0.3 is 0 Å². The summed E-state index contributed by atoms with van der Waals surface area (Å²) in [5.41, 5.74) is 1.60. The molecule has 3 heterocycles. The van der Waals surface area contributed by atoms with Crippen molar-refractivity contribution in [3.63, 3.8) is 0 Å². The van der Waals surface area contributed by atoms with Gasteiger partial charge in [0.15, 0.2) is 0 Å². The van der Waals surface area contributed by atoms with E-state index < -0.39 is 0 Å². The SMILES string of the molecule is CN1CCN(C[C@H]2CC[C@H](C(=O)Nc3cc4cc(-c5cncc(F)c5)ccc4cn3)CC2)CC1. The van der Waals surface area contributed by atoms with Crippen LogP contribution in [0.5, 0.6) is 0 Å². The number of aromatic nitrogens is 2. The quantitative estimate of drug-likeness (QED) is 0.609. The molecule has 5 rings (SSSR count). The molecule has 0 bridgehead atoms. The molecule has 0 spiro atoms. The van der Waals surface area contributed by atoms with Gasteiger partial charge in [0.2, 0.25) is 5.91 Å². The largest absolute Gasteiger partial charge is 0.310 e. The van der Waals surface area contributed by atoms with E-state index in [-0.39, 0.29) is 17.6 Å². The summed E-state index contributed by atoms with van der Waals surface area (Å²) in [5, 5.41) is 4.95. The Morgan fingerprint density at radius 1 is 0.971 bits per heavy atom. The summed E-state index contributed by atoms with van der Waals surface area (Å²) < 4.78 is 13.6. The number of nitrogens with one attached hydrogen (secondary N) is 1. The van der Waals surface area contributed by atoms with Gasteiger partial charge in [0.1, 0.15) is 11.6 Å². The second-order valence-corrected chi connectivity index (χ2v) is 9.83. The van der Waals surface area contributed by atoms with Crippen LogP contribution in [0, 0.1) is 17.7 Å². The van der Waals surface area contributed by atoms with E-state index in [0.717, 1.165) is 80.3 Å². The molecule has 1 aromatic carbocycles. The molecule has 2 aromatic heterocycles. The van der Waals surface area contributed by atoms with Crippen molar-refractivity contribution in [1.82, 2.24) is 19.8 Å². The number of fused-ring (bicyclic) bond motifs is 1. The molecule has 0 atom stereocenters. The number of carbonyl (C=O) groups is 1. The number of likely N-dealkylation sites (N-methyl/N-ethyl adjacent to an activating group) is 1. The number of carbonyl (C=O) groups excluding carboxylic acids is 1. The van der Waals surface area contributed by atoms with E-state index in [1.165, 1.54) is 12.3 Å². The lowest BCUT2D eigenvalue weighted by molar-refractivity contribution is -0.121. The first-order valence-corrected chi connectivity index (χ1v) is 12.3. The van der Waals surface area contributed by atoms with Gasteiger partial charge < -0.3 is 15.1 Å². The Kier molecular flexibility index (Phi) is 6.83. The zero-order chi connectivity index (χ0) is 23.5. The predicted molar refractivity (Wildman–Crippen MR) is 133 cm³/mol. The molecule has 1 aliphatic heterocycles. The number of amides is 1. The lowest BCUT2D eigenvalue weighted by Crippen LogP contribution is -2.46. The number of halogens is 1. The second-order valence-electron chi connectivity index (χ2n) is 9.83. The van der Waals surface area contributed by atoms with Crippen molar-refractivity contribution in [2.75, 3.05) is 45.1 Å². The molecule has 34 heavy (non-hydrogen) atoms. The van der Waals surface area contributed by atoms with Gasteiger partial charge in [-0.25, -0.2) is 9.37 Å². The number of rotatable bonds is 5. The Morgan fingerprint density at radius 2 is 1.76 bits per heavy atom. The van der Waals surface area contributed by atoms with E-state index in [0.29, 0.717) is 11.7 Å². The Bertz CT molecular complexity index is 1150. The van der Waals surface area contributed by atoms with Crippen LogP contribution >= 0.6 is 0 Å².